The fourth-order valence-electron chi connectivity index (χ4n) is 1.19. The molecule has 0 aliphatic carbocycles. The molecule has 0 aromatic carbocycles. The van der Waals surface area contributed by atoms with Crippen LogP contribution < -0.4 is 10.0 Å². The Bertz CT molecular complexity index is 375. The lowest BCUT2D eigenvalue weighted by Gasteiger charge is -2.05. The van der Waals surface area contributed by atoms with Gasteiger partial charge in [0.15, 0.2) is 0 Å². The Balaban J connectivity index is 2.20. The summed E-state index contributed by atoms with van der Waals surface area (Å²) in [5.74, 6) is 0.822. The van der Waals surface area contributed by atoms with E-state index in [4.69, 9.17) is 0 Å². The highest BCUT2D eigenvalue weighted by molar-refractivity contribution is 7.89. The number of H-pyrrole nitrogens is 1. The zero-order valence-electron chi connectivity index (χ0n) is 9.23. The van der Waals surface area contributed by atoms with Gasteiger partial charge in [0.1, 0.15) is 12.2 Å². The minimum Gasteiger partial charge on any atom is -0.320 e. The predicted octanol–water partition coefficient (Wildman–Crippen LogP) is -1.12. The van der Waals surface area contributed by atoms with E-state index in [1.54, 1.807) is 7.05 Å². The van der Waals surface area contributed by atoms with Crippen molar-refractivity contribution < 1.29 is 8.42 Å². The van der Waals surface area contributed by atoms with E-state index in [0.717, 1.165) is 0 Å². The van der Waals surface area contributed by atoms with Crippen molar-refractivity contribution in [2.45, 2.75) is 12.8 Å². The molecule has 1 heterocycles. The van der Waals surface area contributed by atoms with Crippen LogP contribution in [0.2, 0.25) is 0 Å². The van der Waals surface area contributed by atoms with Crippen molar-refractivity contribution in [1.82, 2.24) is 25.2 Å². The number of aromatic amines is 1. The molecule has 0 fully saturated rings. The monoisotopic (exact) mass is 247 g/mol. The van der Waals surface area contributed by atoms with Gasteiger partial charge in [-0.15, -0.1) is 0 Å². The molecule has 0 spiro atoms. The van der Waals surface area contributed by atoms with E-state index in [1.807, 2.05) is 0 Å². The highest BCUT2D eigenvalue weighted by atomic mass is 32.2. The van der Waals surface area contributed by atoms with Crippen molar-refractivity contribution in [1.29, 1.82) is 0 Å². The Morgan fingerprint density at radius 3 is 2.88 bits per heavy atom. The highest BCUT2D eigenvalue weighted by Crippen LogP contribution is 1.91. The van der Waals surface area contributed by atoms with Crippen LogP contribution in [0.25, 0.3) is 0 Å². The molecular formula is C8H17N5O2S. The first-order valence-corrected chi connectivity index (χ1v) is 6.75. The molecule has 1 rings (SSSR count). The third-order valence-electron chi connectivity index (χ3n) is 1.99. The maximum atomic E-state index is 11.4. The largest absolute Gasteiger partial charge is 0.320 e. The first-order chi connectivity index (χ1) is 7.64. The summed E-state index contributed by atoms with van der Waals surface area (Å²) in [5, 5.41) is 9.25. The van der Waals surface area contributed by atoms with Crippen molar-refractivity contribution in [2.24, 2.45) is 0 Å². The molecule has 0 aliphatic heterocycles. The van der Waals surface area contributed by atoms with E-state index in [2.05, 4.69) is 25.2 Å². The molecule has 0 atom stereocenters. The average Bonchev–Trinajstić information content (AvgIpc) is 2.70. The third kappa shape index (κ3) is 5.19. The standard InChI is InChI=1S/C8H17N5O2S/c1-9-4-2-6-16(14,15)12-5-3-8-10-7-11-13-8/h7,9,12H,2-6H2,1H3,(H,10,11,13). The Hall–Kier alpha value is -0.990. The molecule has 0 aliphatic rings. The molecule has 0 bridgehead atoms. The van der Waals surface area contributed by atoms with Crippen LogP contribution >= 0.6 is 0 Å². The average molecular weight is 247 g/mol. The maximum absolute atomic E-state index is 11.4. The summed E-state index contributed by atoms with van der Waals surface area (Å²) in [5.41, 5.74) is 0. The quantitative estimate of drug-likeness (QED) is 0.505. The summed E-state index contributed by atoms with van der Waals surface area (Å²) < 4.78 is 25.4. The molecule has 92 valence electrons. The summed E-state index contributed by atoms with van der Waals surface area (Å²) >= 11 is 0. The first-order valence-electron chi connectivity index (χ1n) is 5.10. The summed E-state index contributed by atoms with van der Waals surface area (Å²) in [6.45, 7) is 1.04. The highest BCUT2D eigenvalue weighted by Gasteiger charge is 2.08. The second-order valence-corrected chi connectivity index (χ2v) is 5.28. The summed E-state index contributed by atoms with van der Waals surface area (Å²) in [4.78, 5) is 3.90. The lowest BCUT2D eigenvalue weighted by Crippen LogP contribution is -2.29. The fourth-order valence-corrected chi connectivity index (χ4v) is 2.27. The van der Waals surface area contributed by atoms with Crippen molar-refractivity contribution >= 4 is 10.0 Å². The molecule has 0 radical (unpaired) electrons. The second-order valence-electron chi connectivity index (χ2n) is 3.35. The van der Waals surface area contributed by atoms with Gasteiger partial charge in [-0.2, -0.15) is 5.10 Å². The number of aromatic nitrogens is 3. The van der Waals surface area contributed by atoms with E-state index in [0.29, 0.717) is 31.8 Å². The van der Waals surface area contributed by atoms with Crippen LogP contribution in [-0.2, 0) is 16.4 Å². The smallest absolute Gasteiger partial charge is 0.211 e. The van der Waals surface area contributed by atoms with Gasteiger partial charge in [-0.25, -0.2) is 18.1 Å². The maximum Gasteiger partial charge on any atom is 0.211 e. The number of sulfonamides is 1. The normalized spacial score (nSPS) is 11.8. The Morgan fingerprint density at radius 2 is 2.25 bits per heavy atom. The molecule has 0 saturated carbocycles. The molecule has 1 aromatic heterocycles. The van der Waals surface area contributed by atoms with Gasteiger partial charge in [-0.3, -0.25) is 5.10 Å². The molecule has 8 heteroatoms. The van der Waals surface area contributed by atoms with Gasteiger partial charge in [-0.05, 0) is 20.0 Å². The second kappa shape index (κ2) is 6.56. The molecule has 7 nitrogen and oxygen atoms in total. The minimum atomic E-state index is -3.16. The van der Waals surface area contributed by atoms with Gasteiger partial charge in [0, 0.05) is 13.0 Å². The van der Waals surface area contributed by atoms with Crippen LogP contribution in [0.1, 0.15) is 12.2 Å². The molecule has 16 heavy (non-hydrogen) atoms. The zero-order valence-corrected chi connectivity index (χ0v) is 10.0. The van der Waals surface area contributed by atoms with Crippen molar-refractivity contribution in [3.8, 4) is 0 Å². The summed E-state index contributed by atoms with van der Waals surface area (Å²) in [7, 11) is -1.36. The fraction of sp³-hybridized carbons (Fsp3) is 0.750. The van der Waals surface area contributed by atoms with Crippen LogP contribution in [0.4, 0.5) is 0 Å². The van der Waals surface area contributed by atoms with E-state index in [9.17, 15) is 8.42 Å². The van der Waals surface area contributed by atoms with Crippen molar-refractivity contribution in [2.75, 3.05) is 25.9 Å². The number of hydrogen-bond acceptors (Lipinski definition) is 5. The van der Waals surface area contributed by atoms with Crippen molar-refractivity contribution in [3.05, 3.63) is 12.2 Å². The van der Waals surface area contributed by atoms with Crippen LogP contribution in [0.5, 0.6) is 0 Å². The van der Waals surface area contributed by atoms with E-state index in [1.165, 1.54) is 6.33 Å². The lowest BCUT2D eigenvalue weighted by molar-refractivity contribution is 0.576. The van der Waals surface area contributed by atoms with Crippen LogP contribution in [-0.4, -0.2) is 49.5 Å². The SMILES string of the molecule is CNCCCS(=O)(=O)NCCc1ncn[nH]1. The number of hydrogen-bond donors (Lipinski definition) is 3. The van der Waals surface area contributed by atoms with Gasteiger partial charge in [0.25, 0.3) is 0 Å². The van der Waals surface area contributed by atoms with E-state index in [-0.39, 0.29) is 5.75 Å². The topological polar surface area (TPSA) is 99.8 Å². The Morgan fingerprint density at radius 1 is 1.44 bits per heavy atom. The Kier molecular flexibility index (Phi) is 5.36. The van der Waals surface area contributed by atoms with Gasteiger partial charge in [0.2, 0.25) is 10.0 Å². The zero-order chi connectivity index (χ0) is 11.9. The van der Waals surface area contributed by atoms with Crippen LogP contribution in [0, 0.1) is 0 Å². The van der Waals surface area contributed by atoms with E-state index >= 15 is 0 Å². The molecule has 0 unspecified atom stereocenters. The third-order valence-corrected chi connectivity index (χ3v) is 3.46. The van der Waals surface area contributed by atoms with Crippen LogP contribution in [0.3, 0.4) is 0 Å². The molecule has 0 saturated heterocycles. The number of rotatable bonds is 8. The van der Waals surface area contributed by atoms with Gasteiger partial charge >= 0.3 is 0 Å². The molecule has 1 aromatic rings. The first kappa shape index (κ1) is 13.1. The predicted molar refractivity (Wildman–Crippen MR) is 60.4 cm³/mol. The molecule has 0 amide bonds. The van der Waals surface area contributed by atoms with Crippen LogP contribution in [0.15, 0.2) is 6.33 Å². The van der Waals surface area contributed by atoms with Gasteiger partial charge in [-0.1, -0.05) is 0 Å². The van der Waals surface area contributed by atoms with Gasteiger partial charge in [0.05, 0.1) is 5.75 Å². The lowest BCUT2D eigenvalue weighted by atomic mass is 10.4. The Labute approximate surface area is 95.1 Å². The summed E-state index contributed by atoms with van der Waals surface area (Å²) in [6, 6.07) is 0. The molecular weight excluding hydrogens is 230 g/mol. The number of nitrogens with zero attached hydrogens (tertiary/aromatic N) is 2. The van der Waals surface area contributed by atoms with E-state index < -0.39 is 10.0 Å². The number of nitrogens with one attached hydrogen (secondary N) is 3. The summed E-state index contributed by atoms with van der Waals surface area (Å²) in [6.07, 6.45) is 2.52. The van der Waals surface area contributed by atoms with Gasteiger partial charge < -0.3 is 5.32 Å². The van der Waals surface area contributed by atoms with Crippen molar-refractivity contribution in [3.63, 3.8) is 0 Å². The minimum absolute atomic E-state index is 0.143. The molecule has 3 N–H and O–H groups in total.